The Hall–Kier alpha value is -1.11. The number of amides is 1. The lowest BCUT2D eigenvalue weighted by Gasteiger charge is -2.28. The molecular weight excluding hydrogens is 360 g/mol. The van der Waals surface area contributed by atoms with Crippen LogP contribution in [0.4, 0.5) is 0 Å². The Kier molecular flexibility index (Phi) is 7.72. The van der Waals surface area contributed by atoms with E-state index in [1.807, 2.05) is 34.9 Å². The molecule has 1 unspecified atom stereocenters. The summed E-state index contributed by atoms with van der Waals surface area (Å²) >= 11 is 1.93. The Labute approximate surface area is 160 Å². The Morgan fingerprint density at radius 3 is 2.72 bits per heavy atom. The van der Waals surface area contributed by atoms with Gasteiger partial charge in [0.05, 0.1) is 14.2 Å². The molecule has 0 spiro atoms. The predicted octanol–water partition coefficient (Wildman–Crippen LogP) is 2.71. The smallest absolute Gasteiger partial charge is 0.224 e. The first-order chi connectivity index (χ1) is 11.7. The zero-order valence-corrected chi connectivity index (χ0v) is 16.5. The maximum absolute atomic E-state index is 12.9. The Morgan fingerprint density at radius 2 is 2.12 bits per heavy atom. The number of nitrogens with zero attached hydrogens (tertiary/aromatic N) is 1. The average molecular weight is 387 g/mol. The molecule has 1 aliphatic carbocycles. The fraction of sp³-hybridized carbons (Fsp3) is 0.611. The second-order valence-corrected chi connectivity index (χ2v) is 7.51. The standard InChI is InChI=1S/C18H26N2O3S.ClH/c1-22-16-5-6-17(23-2)13(9-16)11-20(15-3-4-15)18(21)10-14-12-24-8-7-19-14;/h5-6,9,14-15,19H,3-4,7-8,10-12H2,1-2H3;1H. The molecule has 140 valence electrons. The SMILES string of the molecule is COc1ccc(OC)c(CN(C(=O)CC2CSCCN2)C2CC2)c1.Cl. The molecule has 1 saturated carbocycles. The van der Waals surface area contributed by atoms with Crippen molar-refractivity contribution in [1.82, 2.24) is 10.2 Å². The normalized spacial score (nSPS) is 19.7. The molecule has 1 aromatic rings. The first-order valence-corrected chi connectivity index (χ1v) is 9.68. The minimum atomic E-state index is 0. The summed E-state index contributed by atoms with van der Waals surface area (Å²) in [5, 5.41) is 3.46. The number of benzene rings is 1. The fourth-order valence-electron chi connectivity index (χ4n) is 3.07. The van der Waals surface area contributed by atoms with Crippen LogP contribution < -0.4 is 14.8 Å². The molecule has 1 aliphatic heterocycles. The molecule has 5 nitrogen and oxygen atoms in total. The van der Waals surface area contributed by atoms with Gasteiger partial charge in [0.15, 0.2) is 0 Å². The van der Waals surface area contributed by atoms with E-state index in [1.165, 1.54) is 0 Å². The number of halogens is 1. The number of ether oxygens (including phenoxy) is 2. The van der Waals surface area contributed by atoms with Gasteiger partial charge in [0.2, 0.25) is 5.91 Å². The Bertz CT molecular complexity index is 577. The summed E-state index contributed by atoms with van der Waals surface area (Å²) < 4.78 is 10.8. The summed E-state index contributed by atoms with van der Waals surface area (Å²) in [6.45, 7) is 1.58. The van der Waals surface area contributed by atoms with Gasteiger partial charge in [0.1, 0.15) is 11.5 Å². The summed E-state index contributed by atoms with van der Waals surface area (Å²) in [5.41, 5.74) is 1.00. The van der Waals surface area contributed by atoms with Crippen LogP contribution in [0.2, 0.25) is 0 Å². The predicted molar refractivity (Wildman–Crippen MR) is 104 cm³/mol. The Balaban J connectivity index is 0.00000225. The van der Waals surface area contributed by atoms with Crippen LogP contribution in [0.1, 0.15) is 24.8 Å². The zero-order valence-electron chi connectivity index (χ0n) is 14.8. The molecule has 1 N–H and O–H groups in total. The molecule has 1 atom stereocenters. The molecule has 0 bridgehead atoms. The topological polar surface area (TPSA) is 50.8 Å². The molecule has 1 heterocycles. The average Bonchev–Trinajstić information content (AvgIpc) is 3.45. The van der Waals surface area contributed by atoms with Crippen molar-refractivity contribution in [3.05, 3.63) is 23.8 Å². The van der Waals surface area contributed by atoms with Gasteiger partial charge in [-0.2, -0.15) is 11.8 Å². The number of rotatable bonds is 7. The second kappa shape index (κ2) is 9.55. The maximum Gasteiger partial charge on any atom is 0.224 e. The first kappa shape index (κ1) is 20.2. The largest absolute Gasteiger partial charge is 0.497 e. The van der Waals surface area contributed by atoms with E-state index in [-0.39, 0.29) is 18.3 Å². The first-order valence-electron chi connectivity index (χ1n) is 8.52. The zero-order chi connectivity index (χ0) is 16.9. The highest BCUT2D eigenvalue weighted by molar-refractivity contribution is 7.99. The van der Waals surface area contributed by atoms with Crippen molar-refractivity contribution >= 4 is 30.1 Å². The lowest BCUT2D eigenvalue weighted by Crippen LogP contribution is -2.43. The summed E-state index contributed by atoms with van der Waals surface area (Å²) in [4.78, 5) is 14.9. The van der Waals surface area contributed by atoms with Crippen LogP contribution in [-0.4, -0.2) is 55.2 Å². The van der Waals surface area contributed by atoms with Crippen molar-refractivity contribution < 1.29 is 14.3 Å². The highest BCUT2D eigenvalue weighted by Crippen LogP contribution is 2.32. The molecule has 1 amide bonds. The van der Waals surface area contributed by atoms with Gasteiger partial charge in [0, 0.05) is 48.7 Å². The number of methoxy groups -OCH3 is 2. The third-order valence-electron chi connectivity index (χ3n) is 4.56. The molecule has 2 fully saturated rings. The Morgan fingerprint density at radius 1 is 1.32 bits per heavy atom. The van der Waals surface area contributed by atoms with Crippen LogP contribution >= 0.6 is 24.2 Å². The van der Waals surface area contributed by atoms with Crippen molar-refractivity contribution in [2.45, 2.75) is 37.9 Å². The van der Waals surface area contributed by atoms with Gasteiger partial charge in [-0.3, -0.25) is 4.79 Å². The third-order valence-corrected chi connectivity index (χ3v) is 5.69. The molecule has 1 saturated heterocycles. The molecule has 3 rings (SSSR count). The number of hydrogen-bond acceptors (Lipinski definition) is 5. The molecular formula is C18H27ClN2O3S. The van der Waals surface area contributed by atoms with Gasteiger partial charge in [-0.15, -0.1) is 12.4 Å². The molecule has 0 aromatic heterocycles. The van der Waals surface area contributed by atoms with Gasteiger partial charge >= 0.3 is 0 Å². The quantitative estimate of drug-likeness (QED) is 0.780. The van der Waals surface area contributed by atoms with Crippen molar-refractivity contribution in [2.75, 3.05) is 32.3 Å². The second-order valence-electron chi connectivity index (χ2n) is 6.36. The lowest BCUT2D eigenvalue weighted by molar-refractivity contribution is -0.132. The monoisotopic (exact) mass is 386 g/mol. The fourth-order valence-corrected chi connectivity index (χ4v) is 4.02. The minimum absolute atomic E-state index is 0. The number of carbonyl (C=O) groups excluding carboxylic acids is 1. The van der Waals surface area contributed by atoms with Crippen molar-refractivity contribution in [2.24, 2.45) is 0 Å². The van der Waals surface area contributed by atoms with Crippen LogP contribution in [0.5, 0.6) is 11.5 Å². The number of thioether (sulfide) groups is 1. The van der Waals surface area contributed by atoms with Crippen molar-refractivity contribution in [3.63, 3.8) is 0 Å². The van der Waals surface area contributed by atoms with Crippen molar-refractivity contribution in [1.29, 1.82) is 0 Å². The van der Waals surface area contributed by atoms with E-state index in [0.717, 1.165) is 48.0 Å². The highest BCUT2D eigenvalue weighted by Gasteiger charge is 2.34. The third kappa shape index (κ3) is 5.43. The minimum Gasteiger partial charge on any atom is -0.497 e. The van der Waals surface area contributed by atoms with E-state index in [9.17, 15) is 4.79 Å². The lowest BCUT2D eigenvalue weighted by atomic mass is 10.1. The number of carbonyl (C=O) groups is 1. The van der Waals surface area contributed by atoms with E-state index in [2.05, 4.69) is 5.32 Å². The van der Waals surface area contributed by atoms with Crippen molar-refractivity contribution in [3.8, 4) is 11.5 Å². The molecule has 2 aliphatic rings. The van der Waals surface area contributed by atoms with E-state index in [4.69, 9.17) is 9.47 Å². The highest BCUT2D eigenvalue weighted by atomic mass is 35.5. The van der Waals surface area contributed by atoms with Gasteiger partial charge in [-0.1, -0.05) is 0 Å². The van der Waals surface area contributed by atoms with Gasteiger partial charge in [-0.25, -0.2) is 0 Å². The number of hydrogen-bond donors (Lipinski definition) is 1. The molecule has 0 radical (unpaired) electrons. The van der Waals surface area contributed by atoms with E-state index >= 15 is 0 Å². The van der Waals surface area contributed by atoms with Crippen LogP contribution in [0.25, 0.3) is 0 Å². The molecule has 7 heteroatoms. The summed E-state index contributed by atoms with van der Waals surface area (Å²) in [7, 11) is 3.32. The van der Waals surface area contributed by atoms with Crippen LogP contribution in [0.3, 0.4) is 0 Å². The van der Waals surface area contributed by atoms with E-state index < -0.39 is 0 Å². The maximum atomic E-state index is 12.9. The van der Waals surface area contributed by atoms with E-state index in [0.29, 0.717) is 25.0 Å². The molecule has 1 aromatic carbocycles. The van der Waals surface area contributed by atoms with Crippen LogP contribution in [0.15, 0.2) is 18.2 Å². The van der Waals surface area contributed by atoms with Gasteiger partial charge < -0.3 is 19.7 Å². The van der Waals surface area contributed by atoms with Gasteiger partial charge in [0.25, 0.3) is 0 Å². The van der Waals surface area contributed by atoms with Crippen LogP contribution in [0, 0.1) is 0 Å². The number of nitrogens with one attached hydrogen (secondary N) is 1. The summed E-state index contributed by atoms with van der Waals surface area (Å²) in [6.07, 6.45) is 2.78. The van der Waals surface area contributed by atoms with E-state index in [1.54, 1.807) is 14.2 Å². The summed E-state index contributed by atoms with van der Waals surface area (Å²) in [5.74, 6) is 3.99. The van der Waals surface area contributed by atoms with Gasteiger partial charge in [-0.05, 0) is 31.0 Å². The summed E-state index contributed by atoms with van der Waals surface area (Å²) in [6, 6.07) is 6.43. The molecule has 25 heavy (non-hydrogen) atoms. The van der Waals surface area contributed by atoms with Crippen LogP contribution in [-0.2, 0) is 11.3 Å².